The molecule has 10 nitrogen and oxygen atoms in total. The van der Waals surface area contributed by atoms with Crippen LogP contribution < -0.4 is 0 Å². The zero-order valence-corrected chi connectivity index (χ0v) is 21.3. The molecule has 1 aliphatic rings. The average molecular weight is 583 g/mol. The van der Waals surface area contributed by atoms with Crippen LogP contribution in [0.25, 0.3) is 0 Å². The molecule has 0 unspecified atom stereocenters. The van der Waals surface area contributed by atoms with Gasteiger partial charge < -0.3 is 23.8 Å². The maximum absolute atomic E-state index is 10.7. The van der Waals surface area contributed by atoms with E-state index >= 15 is 0 Å². The first kappa shape index (κ1) is 38.6. The van der Waals surface area contributed by atoms with E-state index in [1.165, 1.54) is 46.2 Å². The molecule has 0 aliphatic carbocycles. The molecule has 192 valence electrons. The molecule has 0 aromatic rings. The summed E-state index contributed by atoms with van der Waals surface area (Å²) >= 11 is 0. The summed E-state index contributed by atoms with van der Waals surface area (Å²) in [7, 11) is -5.58. The van der Waals surface area contributed by atoms with Crippen LogP contribution in [0.2, 0.25) is 0 Å². The smallest absolute Gasteiger partial charge is 0.485 e. The van der Waals surface area contributed by atoms with Crippen molar-refractivity contribution in [1.82, 2.24) is 14.7 Å². The van der Waals surface area contributed by atoms with E-state index in [-0.39, 0.29) is 17.6 Å². The summed E-state index contributed by atoms with van der Waals surface area (Å²) in [6.07, 6.45) is 0. The Kier molecular flexibility index (Phi) is 20.3. The molecule has 4 radical (unpaired) electrons. The number of nitrogens with zero attached hydrogens (tertiary/aromatic N) is 4. The second kappa shape index (κ2) is 16.9. The van der Waals surface area contributed by atoms with Crippen LogP contribution in [-0.2, 0) is 20.2 Å². The third kappa shape index (κ3) is 22.5. The van der Waals surface area contributed by atoms with E-state index in [1.807, 2.05) is 0 Å². The molecule has 0 N–H and O–H groups in total. The van der Waals surface area contributed by atoms with Crippen molar-refractivity contribution < 1.29 is 52.3 Å². The molecule has 1 rings (SSSR count). The first-order valence-corrected chi connectivity index (χ1v) is 10.8. The standard InChI is InChI=1S/C9H21N3.C2H3N.2CHF3O3S.Ge/c1-10-4-6-11(2)8-9-12(3)7-5-10;1-2-3;2*2-1(3,4)8(5,6)7;/h4-9H2,1-3H3;1H3;2*(H,5,6,7);/p-2. The van der Waals surface area contributed by atoms with Gasteiger partial charge in [-0.2, -0.15) is 31.6 Å². The Hall–Kier alpha value is -0.687. The van der Waals surface area contributed by atoms with E-state index in [4.69, 9.17) is 31.2 Å². The number of hydrogen-bond acceptors (Lipinski definition) is 10. The van der Waals surface area contributed by atoms with Crippen molar-refractivity contribution in [2.24, 2.45) is 0 Å². The van der Waals surface area contributed by atoms with E-state index in [1.54, 1.807) is 6.07 Å². The van der Waals surface area contributed by atoms with Crippen molar-refractivity contribution in [2.45, 2.75) is 17.9 Å². The van der Waals surface area contributed by atoms with Gasteiger partial charge in [-0.1, -0.05) is 0 Å². The zero-order valence-electron chi connectivity index (χ0n) is 17.6. The van der Waals surface area contributed by atoms with Crippen LogP contribution in [0, 0.1) is 11.3 Å². The van der Waals surface area contributed by atoms with Gasteiger partial charge in [-0.25, -0.2) is 16.8 Å². The van der Waals surface area contributed by atoms with E-state index in [0.29, 0.717) is 0 Å². The van der Waals surface area contributed by atoms with Gasteiger partial charge in [0.15, 0.2) is 20.2 Å². The summed E-state index contributed by atoms with van der Waals surface area (Å²) in [6, 6.07) is 1.75. The Morgan fingerprint density at radius 1 is 0.688 bits per heavy atom. The number of halogens is 6. The molecule has 0 atom stereocenters. The van der Waals surface area contributed by atoms with Gasteiger partial charge in [0.25, 0.3) is 0 Å². The van der Waals surface area contributed by atoms with Crippen LogP contribution in [0.1, 0.15) is 6.92 Å². The molecule has 0 saturated carbocycles. The normalized spacial score (nSPS) is 17.1. The molecule has 0 bridgehead atoms. The molecule has 1 heterocycles. The van der Waals surface area contributed by atoms with Crippen molar-refractivity contribution in [1.29, 1.82) is 5.26 Å². The zero-order chi connectivity index (χ0) is 25.7. The molecule has 1 saturated heterocycles. The Balaban J connectivity index is -0.000000175. The SMILES string of the molecule is CC#N.CN1CCN(C)CCN(C)CC1.O=S(=O)([O-])C(F)(F)F.O=S(=O)([O-])C(F)(F)F.[Ge]. The van der Waals surface area contributed by atoms with Gasteiger partial charge in [-0.05, 0) is 21.1 Å². The van der Waals surface area contributed by atoms with Crippen LogP contribution in [0.4, 0.5) is 26.3 Å². The maximum atomic E-state index is 10.7. The predicted molar refractivity (Wildman–Crippen MR) is 101 cm³/mol. The van der Waals surface area contributed by atoms with Gasteiger partial charge in [0.1, 0.15) is 0 Å². The Morgan fingerprint density at radius 3 is 0.844 bits per heavy atom. The maximum Gasteiger partial charge on any atom is 0.485 e. The van der Waals surface area contributed by atoms with Gasteiger partial charge in [-0.3, -0.25) is 0 Å². The van der Waals surface area contributed by atoms with E-state index < -0.39 is 31.3 Å². The van der Waals surface area contributed by atoms with E-state index in [9.17, 15) is 26.3 Å². The first-order chi connectivity index (χ1) is 13.6. The van der Waals surface area contributed by atoms with Crippen LogP contribution >= 0.6 is 0 Å². The van der Waals surface area contributed by atoms with Gasteiger partial charge in [0.05, 0.1) is 6.07 Å². The number of alkyl halides is 6. The van der Waals surface area contributed by atoms with Crippen LogP contribution in [-0.4, -0.2) is 130 Å². The van der Waals surface area contributed by atoms with Crippen molar-refractivity contribution in [3.8, 4) is 6.07 Å². The molecule has 1 aliphatic heterocycles. The van der Waals surface area contributed by atoms with Crippen molar-refractivity contribution in [3.05, 3.63) is 0 Å². The molecule has 0 spiro atoms. The molecule has 19 heteroatoms. The van der Waals surface area contributed by atoms with Gasteiger partial charge >= 0.3 is 11.0 Å². The molecular formula is C13H24F6GeN4O6S2-2. The second-order valence-electron chi connectivity index (χ2n) is 5.93. The molecule has 0 amide bonds. The summed E-state index contributed by atoms with van der Waals surface area (Å²) in [4.78, 5) is 7.20. The minimum absolute atomic E-state index is 0. The number of nitriles is 1. The van der Waals surface area contributed by atoms with Crippen LogP contribution in [0.5, 0.6) is 0 Å². The molecule has 0 aromatic carbocycles. The minimum Gasteiger partial charge on any atom is -0.741 e. The molecule has 0 aromatic heterocycles. The Labute approximate surface area is 194 Å². The third-order valence-corrected chi connectivity index (χ3v) is 4.29. The number of likely N-dealkylation sites (N-methyl/N-ethyl adjacent to an activating group) is 3. The largest absolute Gasteiger partial charge is 0.741 e. The van der Waals surface area contributed by atoms with Gasteiger partial charge in [0, 0.05) is 63.8 Å². The van der Waals surface area contributed by atoms with Crippen molar-refractivity contribution >= 4 is 37.8 Å². The first-order valence-electron chi connectivity index (χ1n) is 8.00. The fourth-order valence-corrected chi connectivity index (χ4v) is 1.36. The summed E-state index contributed by atoms with van der Waals surface area (Å²) in [5.74, 6) is 0. The Morgan fingerprint density at radius 2 is 0.781 bits per heavy atom. The van der Waals surface area contributed by atoms with Crippen LogP contribution in [0.3, 0.4) is 0 Å². The fraction of sp³-hybridized carbons (Fsp3) is 0.923. The third-order valence-electron chi connectivity index (χ3n) is 3.16. The number of hydrogen-bond donors (Lipinski definition) is 0. The summed E-state index contributed by atoms with van der Waals surface area (Å²) in [6.45, 7) is 8.62. The molecule has 1 fully saturated rings. The minimum atomic E-state index is -6.09. The van der Waals surface area contributed by atoms with Crippen molar-refractivity contribution in [3.63, 3.8) is 0 Å². The van der Waals surface area contributed by atoms with Gasteiger partial charge in [-0.15, -0.1) is 0 Å². The molecule has 32 heavy (non-hydrogen) atoms. The summed E-state index contributed by atoms with van der Waals surface area (Å²) in [5.41, 5.74) is -11.3. The van der Waals surface area contributed by atoms with Crippen LogP contribution in [0.15, 0.2) is 0 Å². The van der Waals surface area contributed by atoms with E-state index in [0.717, 1.165) is 0 Å². The molecular weight excluding hydrogens is 559 g/mol. The summed E-state index contributed by atoms with van der Waals surface area (Å²) < 4.78 is 118. The number of rotatable bonds is 0. The average Bonchev–Trinajstić information content (AvgIpc) is 2.60. The Bertz CT molecular complexity index is 666. The monoisotopic (exact) mass is 584 g/mol. The van der Waals surface area contributed by atoms with Gasteiger partial charge in [0.2, 0.25) is 0 Å². The van der Waals surface area contributed by atoms with E-state index in [2.05, 4.69) is 35.8 Å². The fourth-order valence-electron chi connectivity index (χ4n) is 1.36. The predicted octanol–water partition coefficient (Wildman–Crippen LogP) is 0.0473. The topological polar surface area (TPSA) is 148 Å². The quantitative estimate of drug-likeness (QED) is 0.166. The van der Waals surface area contributed by atoms with Crippen molar-refractivity contribution in [2.75, 3.05) is 60.4 Å². The summed E-state index contributed by atoms with van der Waals surface area (Å²) in [5, 5.41) is 7.32. The second-order valence-corrected chi connectivity index (χ2v) is 8.68.